The van der Waals surface area contributed by atoms with E-state index in [0.29, 0.717) is 5.75 Å². The van der Waals surface area contributed by atoms with Gasteiger partial charge in [0.05, 0.1) is 0 Å². The fraction of sp³-hybridized carbons (Fsp3) is 0.400. The van der Waals surface area contributed by atoms with Gasteiger partial charge in [0.2, 0.25) is 0 Å². The van der Waals surface area contributed by atoms with Crippen LogP contribution < -0.4 is 4.65 Å². The first kappa shape index (κ1) is 9.97. The molecule has 0 unspecified atom stereocenters. The summed E-state index contributed by atoms with van der Waals surface area (Å²) in [6.45, 7) is 4.36. The molecule has 1 aromatic carbocycles. The van der Waals surface area contributed by atoms with E-state index in [4.69, 9.17) is 4.65 Å². The summed E-state index contributed by atoms with van der Waals surface area (Å²) in [4.78, 5) is 0. The first-order valence-electron chi connectivity index (χ1n) is 4.72. The maximum atomic E-state index is 9.43. The molecule has 0 amide bonds. The molecule has 0 aromatic heterocycles. The average molecular weight is 178 g/mol. The van der Waals surface area contributed by atoms with Crippen LogP contribution in [0.25, 0.3) is 0 Å². The van der Waals surface area contributed by atoms with Gasteiger partial charge in [-0.15, -0.1) is 0 Å². The number of hydrogen-bond donors (Lipinski definition) is 1. The molecule has 3 heteroatoms. The molecule has 0 aliphatic heterocycles. The highest BCUT2D eigenvalue weighted by Gasteiger charge is 2.13. The zero-order valence-corrected chi connectivity index (χ0v) is 8.16. The van der Waals surface area contributed by atoms with Gasteiger partial charge >= 0.3 is 6.92 Å². The second-order valence-electron chi connectivity index (χ2n) is 3.02. The lowest BCUT2D eigenvalue weighted by Crippen LogP contribution is -2.18. The summed E-state index contributed by atoms with van der Waals surface area (Å²) in [5.74, 6) is 0.797. The fourth-order valence-corrected chi connectivity index (χ4v) is 1.19. The number of para-hydroxylation sites is 2. The quantitative estimate of drug-likeness (QED) is 0.718. The molecular weight excluding hydrogens is 163 g/mol. The Balaban J connectivity index is 2.67. The van der Waals surface area contributed by atoms with Crippen LogP contribution in [0.4, 0.5) is 0 Å². The van der Waals surface area contributed by atoms with Crippen LogP contribution in [0, 0.1) is 0 Å². The topological polar surface area (TPSA) is 29.5 Å². The lowest BCUT2D eigenvalue weighted by molar-refractivity contribution is 0.438. The Labute approximate surface area is 79.7 Å². The van der Waals surface area contributed by atoms with Gasteiger partial charge in [0, 0.05) is 0 Å². The number of phenols is 1. The predicted molar refractivity (Wildman–Crippen MR) is 55.5 cm³/mol. The van der Waals surface area contributed by atoms with E-state index in [1.54, 1.807) is 18.2 Å². The van der Waals surface area contributed by atoms with Crippen molar-refractivity contribution < 1.29 is 9.76 Å². The fourth-order valence-electron chi connectivity index (χ4n) is 1.19. The Kier molecular flexibility index (Phi) is 3.68. The largest absolute Gasteiger partial charge is 0.558 e. The van der Waals surface area contributed by atoms with Crippen molar-refractivity contribution in [3.8, 4) is 11.5 Å². The zero-order chi connectivity index (χ0) is 9.68. The Morgan fingerprint density at radius 2 is 1.85 bits per heavy atom. The van der Waals surface area contributed by atoms with Crippen molar-refractivity contribution in [3.63, 3.8) is 0 Å². The van der Waals surface area contributed by atoms with Crippen LogP contribution in [0.3, 0.4) is 0 Å². The molecule has 1 N–H and O–H groups in total. The minimum absolute atomic E-state index is 0.202. The summed E-state index contributed by atoms with van der Waals surface area (Å²) < 4.78 is 5.59. The molecule has 70 valence electrons. The molecule has 0 fully saturated rings. The van der Waals surface area contributed by atoms with Gasteiger partial charge in [-0.05, 0) is 24.8 Å². The Bertz CT molecular complexity index is 259. The molecule has 0 spiro atoms. The van der Waals surface area contributed by atoms with Crippen molar-refractivity contribution in [1.29, 1.82) is 0 Å². The van der Waals surface area contributed by atoms with Crippen LogP contribution in [-0.4, -0.2) is 12.0 Å². The molecule has 13 heavy (non-hydrogen) atoms. The molecule has 0 radical (unpaired) electrons. The Morgan fingerprint density at radius 3 is 2.38 bits per heavy atom. The number of rotatable bonds is 4. The Morgan fingerprint density at radius 1 is 1.23 bits per heavy atom. The number of benzene rings is 1. The van der Waals surface area contributed by atoms with Gasteiger partial charge in [-0.2, -0.15) is 0 Å². The van der Waals surface area contributed by atoms with Crippen LogP contribution in [0.1, 0.15) is 13.8 Å². The lowest BCUT2D eigenvalue weighted by Gasteiger charge is -2.13. The van der Waals surface area contributed by atoms with Gasteiger partial charge in [0.25, 0.3) is 0 Å². The van der Waals surface area contributed by atoms with E-state index in [1.807, 2.05) is 6.07 Å². The third-order valence-electron chi connectivity index (χ3n) is 2.07. The molecule has 0 saturated carbocycles. The van der Waals surface area contributed by atoms with Gasteiger partial charge in [0.15, 0.2) is 5.75 Å². The van der Waals surface area contributed by atoms with Crippen LogP contribution in [0.5, 0.6) is 11.5 Å². The number of aromatic hydroxyl groups is 1. The van der Waals surface area contributed by atoms with Gasteiger partial charge in [-0.3, -0.25) is 0 Å². The van der Waals surface area contributed by atoms with Crippen LogP contribution in [0.2, 0.25) is 12.6 Å². The van der Waals surface area contributed by atoms with Crippen molar-refractivity contribution in [2.45, 2.75) is 26.5 Å². The smallest absolute Gasteiger partial charge is 0.357 e. The second kappa shape index (κ2) is 4.80. The minimum Gasteiger partial charge on any atom is -0.558 e. The van der Waals surface area contributed by atoms with E-state index in [9.17, 15) is 5.11 Å². The van der Waals surface area contributed by atoms with Crippen molar-refractivity contribution >= 4 is 6.92 Å². The number of phenolic OH excluding ortho intramolecular Hbond substituents is 1. The molecule has 0 saturated heterocycles. The molecule has 1 aromatic rings. The zero-order valence-electron chi connectivity index (χ0n) is 8.16. The molecule has 0 aliphatic carbocycles. The average Bonchev–Trinajstić information content (AvgIpc) is 2.17. The molecule has 0 heterocycles. The molecule has 2 nitrogen and oxygen atoms in total. The summed E-state index contributed by atoms with van der Waals surface area (Å²) in [7, 11) is 0. The summed E-state index contributed by atoms with van der Waals surface area (Å²) in [6, 6.07) is 7.07. The standard InChI is InChI=1S/C10H15BO2/c1-3-11(4-2)13-10-8-6-5-7-9(10)12/h5-8,12H,3-4H2,1-2H3. The monoisotopic (exact) mass is 178 g/mol. The van der Waals surface area contributed by atoms with E-state index in [-0.39, 0.29) is 12.7 Å². The highest BCUT2D eigenvalue weighted by atomic mass is 16.4. The first-order chi connectivity index (χ1) is 6.27. The molecule has 1 rings (SSSR count). The van der Waals surface area contributed by atoms with Gasteiger partial charge in [0.1, 0.15) is 5.75 Å². The normalized spacial score (nSPS) is 9.69. The summed E-state index contributed by atoms with van der Waals surface area (Å²) >= 11 is 0. The van der Waals surface area contributed by atoms with Crippen LogP contribution >= 0.6 is 0 Å². The van der Waals surface area contributed by atoms with Crippen molar-refractivity contribution in [2.24, 2.45) is 0 Å². The van der Waals surface area contributed by atoms with E-state index in [0.717, 1.165) is 12.6 Å². The van der Waals surface area contributed by atoms with Gasteiger partial charge in [-0.1, -0.05) is 26.0 Å². The second-order valence-corrected chi connectivity index (χ2v) is 3.02. The minimum atomic E-state index is 0.202. The van der Waals surface area contributed by atoms with E-state index < -0.39 is 0 Å². The first-order valence-corrected chi connectivity index (χ1v) is 4.72. The third-order valence-corrected chi connectivity index (χ3v) is 2.07. The third kappa shape index (κ3) is 2.69. The highest BCUT2D eigenvalue weighted by Crippen LogP contribution is 2.25. The van der Waals surface area contributed by atoms with E-state index in [1.165, 1.54) is 0 Å². The number of hydrogen-bond acceptors (Lipinski definition) is 2. The Hall–Kier alpha value is -1.12. The maximum absolute atomic E-state index is 9.43. The van der Waals surface area contributed by atoms with Crippen LogP contribution in [-0.2, 0) is 0 Å². The lowest BCUT2D eigenvalue weighted by atomic mass is 9.62. The van der Waals surface area contributed by atoms with Gasteiger partial charge < -0.3 is 9.76 Å². The van der Waals surface area contributed by atoms with E-state index in [2.05, 4.69) is 13.8 Å². The maximum Gasteiger partial charge on any atom is 0.357 e. The molecular formula is C10H15BO2. The van der Waals surface area contributed by atoms with Crippen molar-refractivity contribution in [3.05, 3.63) is 24.3 Å². The van der Waals surface area contributed by atoms with Crippen LogP contribution in [0.15, 0.2) is 24.3 Å². The summed E-state index contributed by atoms with van der Waals surface area (Å²) in [6.07, 6.45) is 1.93. The van der Waals surface area contributed by atoms with Crippen molar-refractivity contribution in [2.75, 3.05) is 0 Å². The SMILES string of the molecule is CCB(CC)Oc1ccccc1O. The summed E-state index contributed by atoms with van der Waals surface area (Å²) in [5.41, 5.74) is 0. The van der Waals surface area contributed by atoms with Crippen molar-refractivity contribution in [1.82, 2.24) is 0 Å². The predicted octanol–water partition coefficient (Wildman–Crippen LogP) is 2.80. The summed E-state index contributed by atoms with van der Waals surface area (Å²) in [5, 5.41) is 9.43. The molecule has 0 atom stereocenters. The highest BCUT2D eigenvalue weighted by molar-refractivity contribution is 6.52. The molecule has 0 bridgehead atoms. The molecule has 0 aliphatic rings. The van der Waals surface area contributed by atoms with Gasteiger partial charge in [-0.25, -0.2) is 0 Å². The van der Waals surface area contributed by atoms with E-state index >= 15 is 0 Å².